The van der Waals surface area contributed by atoms with E-state index in [1.807, 2.05) is 0 Å². The van der Waals surface area contributed by atoms with E-state index in [2.05, 4.69) is 17.1 Å². The van der Waals surface area contributed by atoms with Crippen LogP contribution in [-0.4, -0.2) is 62.3 Å². The third kappa shape index (κ3) is 5.69. The number of carbonyl (C=O) groups is 1. The second kappa shape index (κ2) is 10.1. The first-order chi connectivity index (χ1) is 13.1. The fraction of sp³-hybridized carbons (Fsp3) is 0.650. The van der Waals surface area contributed by atoms with E-state index in [1.54, 1.807) is 13.8 Å². The lowest BCUT2D eigenvalue weighted by atomic mass is 10.0. The molecule has 1 aliphatic heterocycles. The lowest BCUT2D eigenvalue weighted by molar-refractivity contribution is 0.0949. The van der Waals surface area contributed by atoms with Crippen molar-refractivity contribution in [2.24, 2.45) is 0 Å². The molecule has 6 nitrogen and oxygen atoms in total. The van der Waals surface area contributed by atoms with E-state index in [4.69, 9.17) is 11.6 Å². The molecule has 158 valence electrons. The van der Waals surface area contributed by atoms with Crippen LogP contribution in [0.25, 0.3) is 0 Å². The molecule has 1 fully saturated rings. The summed E-state index contributed by atoms with van der Waals surface area (Å²) in [4.78, 5) is 15.1. The molecule has 1 N–H and O–H groups in total. The van der Waals surface area contributed by atoms with E-state index in [-0.39, 0.29) is 27.4 Å². The number of carbonyl (C=O) groups excluding carboxylic acids is 1. The second-order valence-corrected chi connectivity index (χ2v) is 10.2. The van der Waals surface area contributed by atoms with E-state index in [0.717, 1.165) is 19.5 Å². The highest BCUT2D eigenvalue weighted by atomic mass is 35.5. The van der Waals surface area contributed by atoms with Gasteiger partial charge in [0, 0.05) is 32.2 Å². The van der Waals surface area contributed by atoms with Crippen LogP contribution in [0.5, 0.6) is 0 Å². The van der Waals surface area contributed by atoms with Gasteiger partial charge >= 0.3 is 0 Å². The van der Waals surface area contributed by atoms with Crippen molar-refractivity contribution in [1.29, 1.82) is 0 Å². The van der Waals surface area contributed by atoms with Crippen LogP contribution < -0.4 is 5.32 Å². The predicted molar refractivity (Wildman–Crippen MR) is 113 cm³/mol. The van der Waals surface area contributed by atoms with Crippen molar-refractivity contribution in [2.45, 2.75) is 63.4 Å². The van der Waals surface area contributed by atoms with E-state index < -0.39 is 10.0 Å². The Kier molecular flexibility index (Phi) is 8.30. The zero-order valence-corrected chi connectivity index (χ0v) is 18.8. The molecule has 0 aliphatic carbocycles. The van der Waals surface area contributed by atoms with Gasteiger partial charge in [0.05, 0.1) is 15.5 Å². The molecule has 1 atom stereocenters. The maximum Gasteiger partial charge on any atom is 0.252 e. The van der Waals surface area contributed by atoms with E-state index in [9.17, 15) is 13.2 Å². The molecule has 8 heteroatoms. The quantitative estimate of drug-likeness (QED) is 0.643. The molecule has 28 heavy (non-hydrogen) atoms. The molecule has 1 aromatic carbocycles. The molecule has 0 radical (unpaired) electrons. The van der Waals surface area contributed by atoms with Gasteiger partial charge in [-0.1, -0.05) is 18.0 Å². The minimum Gasteiger partial charge on any atom is -0.352 e. The van der Waals surface area contributed by atoms with Crippen molar-refractivity contribution >= 4 is 27.5 Å². The van der Waals surface area contributed by atoms with Crippen molar-refractivity contribution in [1.82, 2.24) is 14.5 Å². The zero-order chi connectivity index (χ0) is 20.9. The number of rotatable bonds is 8. The summed E-state index contributed by atoms with van der Waals surface area (Å²) in [5.74, 6) is -0.346. The van der Waals surface area contributed by atoms with Gasteiger partial charge in [-0.05, 0) is 64.8 Å². The van der Waals surface area contributed by atoms with Crippen molar-refractivity contribution < 1.29 is 13.2 Å². The lowest BCUT2D eigenvalue weighted by Crippen LogP contribution is -2.39. The Morgan fingerprint density at radius 1 is 1.36 bits per heavy atom. The summed E-state index contributed by atoms with van der Waals surface area (Å²) in [5, 5.41) is 3.11. The summed E-state index contributed by atoms with van der Waals surface area (Å²) < 4.78 is 26.6. The van der Waals surface area contributed by atoms with Crippen molar-refractivity contribution in [3.8, 4) is 0 Å². The minimum absolute atomic E-state index is 0.0698. The molecule has 1 saturated heterocycles. The van der Waals surface area contributed by atoms with Crippen LogP contribution >= 0.6 is 11.6 Å². The Hall–Kier alpha value is -1.15. The fourth-order valence-corrected chi connectivity index (χ4v) is 4.95. The molecular weight excluding hydrogens is 398 g/mol. The zero-order valence-electron chi connectivity index (χ0n) is 17.2. The Morgan fingerprint density at radius 2 is 2.07 bits per heavy atom. The fourth-order valence-electron chi connectivity index (χ4n) is 3.35. The highest BCUT2D eigenvalue weighted by Crippen LogP contribution is 2.23. The van der Waals surface area contributed by atoms with Gasteiger partial charge in [-0.2, -0.15) is 4.31 Å². The number of benzene rings is 1. The number of sulfonamides is 1. The first kappa shape index (κ1) is 23.1. The number of nitrogens with zero attached hydrogens (tertiary/aromatic N) is 2. The summed E-state index contributed by atoms with van der Waals surface area (Å²) in [7, 11) is -2.15. The molecule has 0 bridgehead atoms. The van der Waals surface area contributed by atoms with E-state index in [0.29, 0.717) is 12.6 Å². The standard InChI is InChI=1S/C20H32ClN3O3S/c1-15(2)23(4)28(26,27)17-9-10-19(21)18(14-17)20(25)22-11-7-13-24-12-6-5-8-16(24)3/h9-10,14-16H,5-8,11-13H2,1-4H3,(H,22,25)/t16-/m0/s1. The number of likely N-dealkylation sites (tertiary alicyclic amines) is 1. The molecular formula is C20H32ClN3O3S. The van der Waals surface area contributed by atoms with Crippen LogP contribution in [0.1, 0.15) is 56.8 Å². The van der Waals surface area contributed by atoms with Gasteiger partial charge in [0.15, 0.2) is 0 Å². The third-order valence-electron chi connectivity index (χ3n) is 5.43. The number of hydrogen-bond donors (Lipinski definition) is 1. The molecule has 1 heterocycles. The van der Waals surface area contributed by atoms with Gasteiger partial charge in [0.25, 0.3) is 5.91 Å². The number of amides is 1. The van der Waals surface area contributed by atoms with Crippen LogP contribution in [0.3, 0.4) is 0 Å². The van der Waals surface area contributed by atoms with Gasteiger partial charge in [0.1, 0.15) is 0 Å². The summed E-state index contributed by atoms with van der Waals surface area (Å²) in [6.07, 6.45) is 4.60. The normalized spacial score (nSPS) is 18.6. The molecule has 1 aliphatic rings. The van der Waals surface area contributed by atoms with Gasteiger partial charge in [0.2, 0.25) is 10.0 Å². The van der Waals surface area contributed by atoms with Crippen molar-refractivity contribution in [3.63, 3.8) is 0 Å². The minimum atomic E-state index is -3.67. The van der Waals surface area contributed by atoms with Crippen molar-refractivity contribution in [3.05, 3.63) is 28.8 Å². The van der Waals surface area contributed by atoms with Crippen LogP contribution in [0.15, 0.2) is 23.1 Å². The summed E-state index contributed by atoms with van der Waals surface area (Å²) >= 11 is 6.16. The van der Waals surface area contributed by atoms with Gasteiger partial charge < -0.3 is 10.2 Å². The van der Waals surface area contributed by atoms with Crippen molar-refractivity contribution in [2.75, 3.05) is 26.7 Å². The average Bonchev–Trinajstić information content (AvgIpc) is 2.65. The van der Waals surface area contributed by atoms with Gasteiger partial charge in [-0.15, -0.1) is 0 Å². The maximum atomic E-state index is 12.7. The van der Waals surface area contributed by atoms with E-state index in [1.165, 1.54) is 48.8 Å². The van der Waals surface area contributed by atoms with Crippen LogP contribution in [0.2, 0.25) is 5.02 Å². The van der Waals surface area contributed by atoms with Crippen LogP contribution in [0.4, 0.5) is 0 Å². The monoisotopic (exact) mass is 429 g/mol. The Morgan fingerprint density at radius 3 is 2.71 bits per heavy atom. The maximum absolute atomic E-state index is 12.7. The first-order valence-corrected chi connectivity index (χ1v) is 11.8. The first-order valence-electron chi connectivity index (χ1n) is 9.94. The number of nitrogens with one attached hydrogen (secondary N) is 1. The average molecular weight is 430 g/mol. The number of piperidine rings is 1. The SMILES string of the molecule is CC(C)N(C)S(=O)(=O)c1ccc(Cl)c(C(=O)NCCCN2CCCC[C@@H]2C)c1. The lowest BCUT2D eigenvalue weighted by Gasteiger charge is -2.33. The topological polar surface area (TPSA) is 69.7 Å². The highest BCUT2D eigenvalue weighted by Gasteiger charge is 2.25. The third-order valence-corrected chi connectivity index (χ3v) is 7.79. The van der Waals surface area contributed by atoms with Crippen LogP contribution in [-0.2, 0) is 10.0 Å². The Bertz CT molecular complexity index is 783. The smallest absolute Gasteiger partial charge is 0.252 e. The molecule has 1 amide bonds. The second-order valence-electron chi connectivity index (χ2n) is 7.75. The van der Waals surface area contributed by atoms with Crippen LogP contribution in [0, 0.1) is 0 Å². The molecule has 1 aromatic rings. The van der Waals surface area contributed by atoms with Gasteiger partial charge in [-0.3, -0.25) is 4.79 Å². The summed E-state index contributed by atoms with van der Waals surface area (Å²) in [5.41, 5.74) is 0.186. The number of halogens is 1. The molecule has 0 saturated carbocycles. The molecule has 0 unspecified atom stereocenters. The van der Waals surface area contributed by atoms with Gasteiger partial charge in [-0.25, -0.2) is 8.42 Å². The predicted octanol–water partition coefficient (Wildman–Crippen LogP) is 3.36. The largest absolute Gasteiger partial charge is 0.352 e. The Labute approximate surface area is 174 Å². The Balaban J connectivity index is 1.99. The molecule has 2 rings (SSSR count). The molecule has 0 aromatic heterocycles. The number of hydrogen-bond acceptors (Lipinski definition) is 4. The van der Waals surface area contributed by atoms with E-state index >= 15 is 0 Å². The molecule has 0 spiro atoms. The summed E-state index contributed by atoms with van der Waals surface area (Å²) in [6, 6.07) is 4.67. The summed E-state index contributed by atoms with van der Waals surface area (Å²) in [6.45, 7) is 8.43. The highest BCUT2D eigenvalue weighted by molar-refractivity contribution is 7.89.